The molecule has 2 fully saturated rings. The molecule has 0 bridgehead atoms. The van der Waals surface area contributed by atoms with Gasteiger partial charge in [0.25, 0.3) is 0 Å². The number of hydrogen-bond acceptors (Lipinski definition) is 2. The van der Waals surface area contributed by atoms with E-state index < -0.39 is 0 Å². The van der Waals surface area contributed by atoms with Gasteiger partial charge < -0.3 is 4.74 Å². The van der Waals surface area contributed by atoms with Crippen LogP contribution in [0.3, 0.4) is 0 Å². The minimum absolute atomic E-state index is 0.490. The average Bonchev–Trinajstić information content (AvgIpc) is 2.58. The van der Waals surface area contributed by atoms with Crippen molar-refractivity contribution in [2.45, 2.75) is 63.7 Å². The molecule has 0 aromatic carbocycles. The van der Waals surface area contributed by atoms with Gasteiger partial charge in [-0.1, -0.05) is 22.4 Å². The van der Waals surface area contributed by atoms with Gasteiger partial charge >= 0.3 is 0 Å². The van der Waals surface area contributed by atoms with Gasteiger partial charge in [-0.2, -0.15) is 0 Å². The van der Waals surface area contributed by atoms with E-state index in [1.807, 2.05) is 0 Å². The molecule has 0 spiro atoms. The van der Waals surface area contributed by atoms with E-state index in [4.69, 9.17) is 4.74 Å². The quantitative estimate of drug-likeness (QED) is 0.697. The van der Waals surface area contributed by atoms with E-state index in [9.17, 15) is 0 Å². The standard InChI is InChI=1S/C13H24BrNO/c1-11-6-7-13(16-11)10-15(9-3-8-14)12-4-2-5-12/h11-13H,2-10H2,1H3. The van der Waals surface area contributed by atoms with Crippen LogP contribution in [0, 0.1) is 0 Å². The Morgan fingerprint density at radius 3 is 2.56 bits per heavy atom. The molecule has 2 rings (SSSR count). The van der Waals surface area contributed by atoms with Crippen LogP contribution in [-0.2, 0) is 4.74 Å². The zero-order chi connectivity index (χ0) is 11.4. The van der Waals surface area contributed by atoms with Crippen LogP contribution >= 0.6 is 15.9 Å². The zero-order valence-electron chi connectivity index (χ0n) is 10.3. The van der Waals surface area contributed by atoms with E-state index in [0.29, 0.717) is 12.2 Å². The number of alkyl halides is 1. The summed E-state index contributed by atoms with van der Waals surface area (Å²) in [5, 5.41) is 1.12. The van der Waals surface area contributed by atoms with Crippen LogP contribution in [0.25, 0.3) is 0 Å². The Morgan fingerprint density at radius 1 is 1.25 bits per heavy atom. The van der Waals surface area contributed by atoms with Crippen molar-refractivity contribution < 1.29 is 4.74 Å². The topological polar surface area (TPSA) is 12.5 Å². The molecule has 2 atom stereocenters. The maximum atomic E-state index is 5.94. The molecule has 0 radical (unpaired) electrons. The third-order valence-corrected chi connectivity index (χ3v) is 4.49. The second-order valence-corrected chi connectivity index (χ2v) is 6.06. The number of halogens is 1. The predicted octanol–water partition coefficient (Wildman–Crippen LogP) is 3.19. The molecule has 0 aromatic rings. The Morgan fingerprint density at radius 2 is 2.06 bits per heavy atom. The molecule has 1 saturated heterocycles. The molecule has 0 aromatic heterocycles. The predicted molar refractivity (Wildman–Crippen MR) is 71.2 cm³/mol. The molecule has 2 nitrogen and oxygen atoms in total. The van der Waals surface area contributed by atoms with Crippen molar-refractivity contribution in [1.29, 1.82) is 0 Å². The number of hydrogen-bond donors (Lipinski definition) is 0. The molecule has 2 aliphatic rings. The maximum absolute atomic E-state index is 5.94. The molecule has 2 unspecified atom stereocenters. The lowest BCUT2D eigenvalue weighted by molar-refractivity contribution is 0.0103. The highest BCUT2D eigenvalue weighted by atomic mass is 79.9. The summed E-state index contributed by atoms with van der Waals surface area (Å²) >= 11 is 3.53. The fraction of sp³-hybridized carbons (Fsp3) is 1.00. The molecule has 0 N–H and O–H groups in total. The lowest BCUT2D eigenvalue weighted by Crippen LogP contribution is -2.44. The van der Waals surface area contributed by atoms with Gasteiger partial charge in [0.15, 0.2) is 0 Å². The Balaban J connectivity index is 1.76. The minimum Gasteiger partial charge on any atom is -0.374 e. The first-order chi connectivity index (χ1) is 7.79. The van der Waals surface area contributed by atoms with Crippen LogP contribution in [0.4, 0.5) is 0 Å². The smallest absolute Gasteiger partial charge is 0.0706 e. The lowest BCUT2D eigenvalue weighted by Gasteiger charge is -2.38. The highest BCUT2D eigenvalue weighted by Gasteiger charge is 2.29. The summed E-state index contributed by atoms with van der Waals surface area (Å²) in [6.45, 7) is 4.61. The SMILES string of the molecule is CC1CCC(CN(CCCBr)C2CCC2)O1. The average molecular weight is 290 g/mol. The molecule has 1 aliphatic carbocycles. The van der Waals surface area contributed by atoms with Crippen LogP contribution < -0.4 is 0 Å². The Kier molecular flexibility index (Phi) is 5.11. The second-order valence-electron chi connectivity index (χ2n) is 5.27. The first kappa shape index (κ1) is 12.8. The first-order valence-electron chi connectivity index (χ1n) is 6.75. The number of ether oxygens (including phenoxy) is 1. The third kappa shape index (κ3) is 3.44. The Labute approximate surface area is 108 Å². The zero-order valence-corrected chi connectivity index (χ0v) is 11.9. The fourth-order valence-corrected chi connectivity index (χ4v) is 2.97. The monoisotopic (exact) mass is 289 g/mol. The summed E-state index contributed by atoms with van der Waals surface area (Å²) < 4.78 is 5.94. The van der Waals surface area contributed by atoms with Gasteiger partial charge in [-0.15, -0.1) is 0 Å². The molecule has 94 valence electrons. The van der Waals surface area contributed by atoms with Crippen LogP contribution in [0.15, 0.2) is 0 Å². The highest BCUT2D eigenvalue weighted by molar-refractivity contribution is 9.09. The van der Waals surface area contributed by atoms with Crippen molar-refractivity contribution in [1.82, 2.24) is 4.90 Å². The van der Waals surface area contributed by atoms with Crippen LogP contribution in [-0.4, -0.2) is 41.6 Å². The largest absolute Gasteiger partial charge is 0.374 e. The van der Waals surface area contributed by atoms with Gasteiger partial charge in [0.05, 0.1) is 12.2 Å². The normalized spacial score (nSPS) is 30.9. The molecule has 3 heteroatoms. The van der Waals surface area contributed by atoms with Crippen molar-refractivity contribution >= 4 is 15.9 Å². The molecular weight excluding hydrogens is 266 g/mol. The van der Waals surface area contributed by atoms with Gasteiger partial charge in [-0.05, 0) is 45.6 Å². The van der Waals surface area contributed by atoms with Crippen molar-refractivity contribution in [2.75, 3.05) is 18.4 Å². The van der Waals surface area contributed by atoms with Gasteiger partial charge in [0.1, 0.15) is 0 Å². The summed E-state index contributed by atoms with van der Waals surface area (Å²) in [5.41, 5.74) is 0. The highest BCUT2D eigenvalue weighted by Crippen LogP contribution is 2.27. The third-order valence-electron chi connectivity index (χ3n) is 3.93. The first-order valence-corrected chi connectivity index (χ1v) is 7.87. The minimum atomic E-state index is 0.490. The molecule has 0 amide bonds. The summed E-state index contributed by atoms with van der Waals surface area (Å²) in [5.74, 6) is 0. The van der Waals surface area contributed by atoms with Gasteiger partial charge in [-0.3, -0.25) is 4.90 Å². The summed E-state index contributed by atoms with van der Waals surface area (Å²) in [4.78, 5) is 2.67. The second kappa shape index (κ2) is 6.36. The van der Waals surface area contributed by atoms with E-state index in [2.05, 4.69) is 27.8 Å². The van der Waals surface area contributed by atoms with Crippen molar-refractivity contribution in [3.05, 3.63) is 0 Å². The van der Waals surface area contributed by atoms with E-state index in [-0.39, 0.29) is 0 Å². The molecular formula is C13H24BrNO. The van der Waals surface area contributed by atoms with E-state index in [0.717, 1.165) is 11.4 Å². The number of rotatable bonds is 6. The van der Waals surface area contributed by atoms with Gasteiger partial charge in [0.2, 0.25) is 0 Å². The fourth-order valence-electron chi connectivity index (χ4n) is 2.72. The molecule has 1 saturated carbocycles. The molecule has 16 heavy (non-hydrogen) atoms. The van der Waals surface area contributed by atoms with Gasteiger partial charge in [0, 0.05) is 17.9 Å². The summed E-state index contributed by atoms with van der Waals surface area (Å²) in [6.07, 6.45) is 9.02. The Bertz CT molecular complexity index is 208. The Hall–Kier alpha value is 0.400. The van der Waals surface area contributed by atoms with E-state index >= 15 is 0 Å². The van der Waals surface area contributed by atoms with E-state index in [1.165, 1.54) is 51.6 Å². The summed E-state index contributed by atoms with van der Waals surface area (Å²) in [6, 6.07) is 0.860. The van der Waals surface area contributed by atoms with Crippen molar-refractivity contribution in [3.63, 3.8) is 0 Å². The molecule has 1 aliphatic heterocycles. The van der Waals surface area contributed by atoms with E-state index in [1.54, 1.807) is 0 Å². The molecule has 1 heterocycles. The van der Waals surface area contributed by atoms with Crippen molar-refractivity contribution in [3.8, 4) is 0 Å². The maximum Gasteiger partial charge on any atom is 0.0706 e. The number of nitrogens with zero attached hydrogens (tertiary/aromatic N) is 1. The lowest BCUT2D eigenvalue weighted by atomic mass is 9.91. The van der Waals surface area contributed by atoms with Gasteiger partial charge in [-0.25, -0.2) is 0 Å². The van der Waals surface area contributed by atoms with Crippen LogP contribution in [0.5, 0.6) is 0 Å². The van der Waals surface area contributed by atoms with Crippen molar-refractivity contribution in [2.24, 2.45) is 0 Å². The van der Waals surface area contributed by atoms with Crippen LogP contribution in [0.2, 0.25) is 0 Å². The summed E-state index contributed by atoms with van der Waals surface area (Å²) in [7, 11) is 0. The van der Waals surface area contributed by atoms with Crippen LogP contribution in [0.1, 0.15) is 45.4 Å².